The summed E-state index contributed by atoms with van der Waals surface area (Å²) >= 11 is 0. The Kier molecular flexibility index (Phi) is 6.23. The van der Waals surface area contributed by atoms with Crippen LogP contribution in [0.2, 0.25) is 0 Å². The zero-order valence-corrected chi connectivity index (χ0v) is 16.0. The summed E-state index contributed by atoms with van der Waals surface area (Å²) in [6.45, 7) is 1.68. The van der Waals surface area contributed by atoms with Crippen molar-refractivity contribution in [1.82, 2.24) is 19.7 Å². The summed E-state index contributed by atoms with van der Waals surface area (Å²) in [7, 11) is 0.490. The number of carbonyl (C=O) groups is 1. The normalized spacial score (nSPS) is 11.3. The Morgan fingerprint density at radius 2 is 1.93 bits per heavy atom. The number of benzene rings is 1. The van der Waals surface area contributed by atoms with E-state index in [1.165, 1.54) is 30.3 Å². The van der Waals surface area contributed by atoms with Gasteiger partial charge in [-0.3, -0.25) is 10.3 Å². The van der Waals surface area contributed by atoms with Crippen LogP contribution in [0.25, 0.3) is 0 Å². The van der Waals surface area contributed by atoms with Crippen LogP contribution in [0.3, 0.4) is 0 Å². The van der Waals surface area contributed by atoms with E-state index >= 15 is 0 Å². The number of ether oxygens (including phenoxy) is 1. The van der Waals surface area contributed by atoms with Crippen molar-refractivity contribution in [2.75, 3.05) is 26.5 Å². The molecule has 0 radical (unpaired) electrons. The Balaban J connectivity index is 2.21. The second kappa shape index (κ2) is 8.40. The van der Waals surface area contributed by atoms with Crippen molar-refractivity contribution < 1.29 is 17.9 Å². The minimum absolute atomic E-state index is 0.0833. The molecule has 0 aliphatic heterocycles. The molecule has 1 aromatic carbocycles. The molecule has 1 heterocycles. The first-order valence-electron chi connectivity index (χ1n) is 7.63. The molecular formula is C15H19N7O4S. The zero-order chi connectivity index (χ0) is 20.0. The van der Waals surface area contributed by atoms with Crippen molar-refractivity contribution in [2.45, 2.75) is 11.8 Å². The van der Waals surface area contributed by atoms with Crippen molar-refractivity contribution in [1.29, 1.82) is 0 Å². The maximum Gasteiger partial charge on any atom is 0.335 e. The third-order valence-corrected chi connectivity index (χ3v) is 4.36. The lowest BCUT2D eigenvalue weighted by atomic mass is 10.3. The van der Waals surface area contributed by atoms with Crippen LogP contribution in [0.1, 0.15) is 5.69 Å². The lowest BCUT2D eigenvalue weighted by Crippen LogP contribution is -2.35. The van der Waals surface area contributed by atoms with Crippen molar-refractivity contribution in [2.24, 2.45) is 10.3 Å². The first kappa shape index (κ1) is 20.0. The highest BCUT2D eigenvalue weighted by molar-refractivity contribution is 7.90. The number of methoxy groups -OCH3 is 1. The Bertz CT molecular complexity index is 960. The van der Waals surface area contributed by atoms with E-state index in [0.717, 1.165) is 0 Å². The van der Waals surface area contributed by atoms with Crippen LogP contribution in [-0.2, 0) is 10.0 Å². The molecule has 2 rings (SSSR count). The average molecular weight is 393 g/mol. The highest BCUT2D eigenvalue weighted by atomic mass is 32.2. The second-order valence-electron chi connectivity index (χ2n) is 5.44. The number of nitrogens with zero attached hydrogens (tertiary/aromatic N) is 5. The topological polar surface area (TPSA) is 138 Å². The van der Waals surface area contributed by atoms with Crippen LogP contribution >= 0.6 is 0 Å². The summed E-state index contributed by atoms with van der Waals surface area (Å²) in [5.74, 6) is 0.134. The molecule has 12 heteroatoms. The number of carbonyl (C=O) groups excluding carboxylic acids is 1. The van der Waals surface area contributed by atoms with E-state index in [9.17, 15) is 13.2 Å². The standard InChI is InChI=1S/C15H19N7O4S/c1-10-9-13(26-4)17-14(16-10)18-15(23)20-27(24,25)12-8-6-5-7-11(12)19-21-22(2)3/h5-9H,1-4H3,(H2,16,17,18,20,23). The summed E-state index contributed by atoms with van der Waals surface area (Å²) in [5, 5.41) is 11.3. The fourth-order valence-electron chi connectivity index (χ4n) is 1.91. The van der Waals surface area contributed by atoms with Crippen LogP contribution in [0.4, 0.5) is 16.4 Å². The Morgan fingerprint density at radius 3 is 2.59 bits per heavy atom. The van der Waals surface area contributed by atoms with E-state index in [1.54, 1.807) is 33.2 Å². The van der Waals surface area contributed by atoms with Gasteiger partial charge in [0, 0.05) is 25.9 Å². The van der Waals surface area contributed by atoms with Gasteiger partial charge >= 0.3 is 6.03 Å². The quantitative estimate of drug-likeness (QED) is 0.564. The van der Waals surface area contributed by atoms with E-state index in [1.807, 2.05) is 4.72 Å². The first-order valence-corrected chi connectivity index (χ1v) is 9.11. The zero-order valence-electron chi connectivity index (χ0n) is 15.2. The summed E-state index contributed by atoms with van der Waals surface area (Å²) in [6, 6.07) is 6.43. The summed E-state index contributed by atoms with van der Waals surface area (Å²) in [4.78, 5) is 19.8. The molecule has 0 bridgehead atoms. The van der Waals surface area contributed by atoms with Crippen molar-refractivity contribution in [3.63, 3.8) is 0 Å². The average Bonchev–Trinajstić information content (AvgIpc) is 2.59. The smallest absolute Gasteiger partial charge is 0.335 e. The molecule has 0 spiro atoms. The largest absolute Gasteiger partial charge is 0.481 e. The van der Waals surface area contributed by atoms with Gasteiger partial charge in [0.05, 0.1) is 7.11 Å². The number of anilines is 1. The highest BCUT2D eigenvalue weighted by Gasteiger charge is 2.22. The molecule has 2 aromatic rings. The van der Waals surface area contributed by atoms with Gasteiger partial charge in [-0.05, 0) is 19.1 Å². The van der Waals surface area contributed by atoms with Gasteiger partial charge in [-0.25, -0.2) is 22.9 Å². The molecule has 0 saturated heterocycles. The number of sulfonamides is 1. The third kappa shape index (κ3) is 5.60. The van der Waals surface area contributed by atoms with E-state index in [-0.39, 0.29) is 22.4 Å². The van der Waals surface area contributed by atoms with E-state index in [0.29, 0.717) is 5.69 Å². The number of hydrogen-bond acceptors (Lipinski definition) is 8. The molecule has 0 aliphatic carbocycles. The Hall–Kier alpha value is -3.28. The molecule has 1 aromatic heterocycles. The van der Waals surface area contributed by atoms with E-state index in [4.69, 9.17) is 4.74 Å². The lowest BCUT2D eigenvalue weighted by Gasteiger charge is -2.10. The predicted molar refractivity (Wildman–Crippen MR) is 97.3 cm³/mol. The minimum Gasteiger partial charge on any atom is -0.481 e. The molecular weight excluding hydrogens is 374 g/mol. The predicted octanol–water partition coefficient (Wildman–Crippen LogP) is 1.86. The maximum absolute atomic E-state index is 12.5. The van der Waals surface area contributed by atoms with Crippen LogP contribution < -0.4 is 14.8 Å². The first-order chi connectivity index (χ1) is 12.7. The molecule has 27 heavy (non-hydrogen) atoms. The van der Waals surface area contributed by atoms with Gasteiger partial charge in [-0.1, -0.05) is 17.4 Å². The van der Waals surface area contributed by atoms with Gasteiger partial charge < -0.3 is 4.74 Å². The van der Waals surface area contributed by atoms with Gasteiger partial charge in [0.1, 0.15) is 10.6 Å². The van der Waals surface area contributed by atoms with Crippen molar-refractivity contribution in [3.8, 4) is 5.88 Å². The molecule has 0 aliphatic rings. The van der Waals surface area contributed by atoms with Gasteiger partial charge in [0.15, 0.2) is 0 Å². The SMILES string of the molecule is COc1cc(C)nc(NC(=O)NS(=O)(=O)c2ccccc2N=NN(C)C)n1. The van der Waals surface area contributed by atoms with Crippen LogP contribution in [-0.4, -0.2) is 50.6 Å². The number of aryl methyl sites for hydroxylation is 1. The second-order valence-corrected chi connectivity index (χ2v) is 7.09. The molecule has 0 saturated carbocycles. The molecule has 2 amide bonds. The van der Waals surface area contributed by atoms with Gasteiger partial charge in [0.25, 0.3) is 10.0 Å². The van der Waals surface area contributed by atoms with Crippen LogP contribution in [0.15, 0.2) is 45.6 Å². The van der Waals surface area contributed by atoms with Crippen LogP contribution in [0, 0.1) is 6.92 Å². The summed E-state index contributed by atoms with van der Waals surface area (Å²) in [5.41, 5.74) is 0.620. The molecule has 0 fully saturated rings. The molecule has 0 atom stereocenters. The fraction of sp³-hybridized carbons (Fsp3) is 0.267. The molecule has 144 valence electrons. The van der Waals surface area contributed by atoms with Gasteiger partial charge in [-0.15, -0.1) is 5.11 Å². The summed E-state index contributed by atoms with van der Waals surface area (Å²) < 4.78 is 31.9. The van der Waals surface area contributed by atoms with Crippen molar-refractivity contribution in [3.05, 3.63) is 36.0 Å². The van der Waals surface area contributed by atoms with Crippen molar-refractivity contribution >= 4 is 27.7 Å². The van der Waals surface area contributed by atoms with E-state index < -0.39 is 16.1 Å². The lowest BCUT2D eigenvalue weighted by molar-refractivity contribution is 0.256. The number of aromatic nitrogens is 2. The number of amides is 2. The third-order valence-electron chi connectivity index (χ3n) is 2.98. The molecule has 11 nitrogen and oxygen atoms in total. The Labute approximate surface area is 156 Å². The highest BCUT2D eigenvalue weighted by Crippen LogP contribution is 2.24. The number of nitrogens with one attached hydrogen (secondary N) is 2. The number of hydrogen-bond donors (Lipinski definition) is 2. The Morgan fingerprint density at radius 1 is 1.22 bits per heavy atom. The number of rotatable bonds is 6. The monoisotopic (exact) mass is 393 g/mol. The molecule has 2 N–H and O–H groups in total. The minimum atomic E-state index is -4.21. The van der Waals surface area contributed by atoms with E-state index in [2.05, 4.69) is 25.6 Å². The number of urea groups is 1. The van der Waals surface area contributed by atoms with Gasteiger partial charge in [0.2, 0.25) is 11.8 Å². The van der Waals surface area contributed by atoms with Gasteiger partial charge in [-0.2, -0.15) is 4.98 Å². The summed E-state index contributed by atoms with van der Waals surface area (Å²) in [6.07, 6.45) is 0. The molecule has 0 unspecified atom stereocenters. The maximum atomic E-state index is 12.5. The fourth-order valence-corrected chi connectivity index (χ4v) is 2.96. The van der Waals surface area contributed by atoms with Crippen LogP contribution in [0.5, 0.6) is 5.88 Å².